The average molecular weight is 590 g/mol. The molecule has 12 heteroatoms. The van der Waals surface area contributed by atoms with Crippen molar-refractivity contribution in [3.8, 4) is 5.75 Å². The van der Waals surface area contributed by atoms with Crippen LogP contribution in [0, 0.1) is 0 Å². The monoisotopic (exact) mass is 589 g/mol. The Labute approximate surface area is 228 Å². The molecule has 1 aliphatic rings. The van der Waals surface area contributed by atoms with Crippen LogP contribution in [-0.4, -0.2) is 71.3 Å². The fourth-order valence-corrected chi connectivity index (χ4v) is 4.21. The predicted octanol–water partition coefficient (Wildman–Crippen LogP) is 1.90. The maximum Gasteiger partial charge on any atom is 0.312 e. The summed E-state index contributed by atoms with van der Waals surface area (Å²) in [6, 6.07) is 9.59. The first kappa shape index (κ1) is 28.9. The Bertz CT molecular complexity index is 1240. The Morgan fingerprint density at radius 1 is 1.13 bits per heavy atom. The molecule has 1 aliphatic heterocycles. The maximum atomic E-state index is 12.6. The summed E-state index contributed by atoms with van der Waals surface area (Å²) in [4.78, 5) is 41.1. The molecule has 0 radical (unpaired) electrons. The number of carboxylic acid groups (broad SMARTS) is 1. The average Bonchev–Trinajstić information content (AvgIpc) is 2.82. The van der Waals surface area contributed by atoms with Crippen molar-refractivity contribution in [1.82, 2.24) is 16.0 Å². The topological polar surface area (TPSA) is 172 Å². The van der Waals surface area contributed by atoms with E-state index in [1.165, 1.54) is 18.2 Å². The number of aliphatic carboxylic acids is 1. The lowest BCUT2D eigenvalue weighted by molar-refractivity contribution is -0.138. The summed E-state index contributed by atoms with van der Waals surface area (Å²) in [5.74, 6) is -3.02. The van der Waals surface area contributed by atoms with Gasteiger partial charge in [0, 0.05) is 34.9 Å². The van der Waals surface area contributed by atoms with E-state index in [1.807, 2.05) is 32.9 Å². The summed E-state index contributed by atoms with van der Waals surface area (Å²) in [7, 11) is 0. The van der Waals surface area contributed by atoms with Gasteiger partial charge in [0.05, 0.1) is 25.1 Å². The number of aliphatic hydroxyl groups is 1. The van der Waals surface area contributed by atoms with Crippen LogP contribution in [-0.2, 0) is 15.0 Å². The molecule has 0 saturated carbocycles. The molecule has 204 valence electrons. The number of anilines is 1. The number of guanidine groups is 1. The van der Waals surface area contributed by atoms with Crippen LogP contribution >= 0.6 is 15.9 Å². The lowest BCUT2D eigenvalue weighted by atomic mass is 9.84. The summed E-state index contributed by atoms with van der Waals surface area (Å²) >= 11 is 3.44. The fraction of sp³-hybridized carbons (Fsp3) is 0.385. The predicted molar refractivity (Wildman–Crippen MR) is 147 cm³/mol. The van der Waals surface area contributed by atoms with E-state index in [0.29, 0.717) is 23.8 Å². The molecule has 2 amide bonds. The number of rotatable bonds is 8. The molecule has 1 heterocycles. The minimum Gasteiger partial charge on any atom is -0.508 e. The first-order valence-electron chi connectivity index (χ1n) is 12.0. The maximum absolute atomic E-state index is 12.6. The number of phenols is 1. The number of halogens is 1. The molecule has 0 bridgehead atoms. The SMILES string of the molecule is CC(C)(C)c1cc(Br)cc([C@@H](CNC(=O)CNC(=O)c2cc(O)cc(NC3=NCC(O)CN3)c2)C(=O)O)c1. The van der Waals surface area contributed by atoms with E-state index in [1.54, 1.807) is 6.07 Å². The van der Waals surface area contributed by atoms with E-state index in [0.717, 1.165) is 10.0 Å². The number of hydrogen-bond donors (Lipinski definition) is 7. The Balaban J connectivity index is 1.59. The number of β-amino-alcohol motifs (C(OH)–C–C–N with tert-alkyl or cyclic N) is 1. The van der Waals surface area contributed by atoms with Gasteiger partial charge in [-0.2, -0.15) is 0 Å². The number of nitrogens with one attached hydrogen (secondary N) is 4. The molecule has 2 aromatic rings. The van der Waals surface area contributed by atoms with Crippen molar-refractivity contribution in [1.29, 1.82) is 0 Å². The molecule has 7 N–H and O–H groups in total. The zero-order valence-corrected chi connectivity index (χ0v) is 22.9. The van der Waals surface area contributed by atoms with Crippen molar-refractivity contribution >= 4 is 45.4 Å². The van der Waals surface area contributed by atoms with Crippen molar-refractivity contribution < 1.29 is 29.7 Å². The highest BCUT2D eigenvalue weighted by Crippen LogP contribution is 2.30. The number of benzene rings is 2. The number of aromatic hydroxyl groups is 1. The third-order valence-corrected chi connectivity index (χ3v) is 6.27. The smallest absolute Gasteiger partial charge is 0.312 e. The van der Waals surface area contributed by atoms with Gasteiger partial charge in [0.25, 0.3) is 5.91 Å². The van der Waals surface area contributed by atoms with Gasteiger partial charge >= 0.3 is 5.97 Å². The molecule has 0 fully saturated rings. The molecule has 11 nitrogen and oxygen atoms in total. The molecule has 2 atom stereocenters. The van der Waals surface area contributed by atoms with Gasteiger partial charge in [-0.05, 0) is 40.8 Å². The van der Waals surface area contributed by atoms with Crippen LogP contribution in [0.3, 0.4) is 0 Å². The highest BCUT2D eigenvalue weighted by molar-refractivity contribution is 9.10. The minimum atomic E-state index is -1.08. The highest BCUT2D eigenvalue weighted by atomic mass is 79.9. The molecule has 0 spiro atoms. The van der Waals surface area contributed by atoms with Crippen LogP contribution in [0.5, 0.6) is 5.75 Å². The van der Waals surface area contributed by atoms with E-state index in [4.69, 9.17) is 0 Å². The van der Waals surface area contributed by atoms with E-state index in [-0.39, 0.29) is 36.4 Å². The summed E-state index contributed by atoms with van der Waals surface area (Å²) in [5, 5.41) is 40.2. The van der Waals surface area contributed by atoms with Gasteiger partial charge in [0.15, 0.2) is 5.96 Å². The fourth-order valence-electron chi connectivity index (χ4n) is 3.70. The summed E-state index contributed by atoms with van der Waals surface area (Å²) in [6.07, 6.45) is -0.585. The lowest BCUT2D eigenvalue weighted by Gasteiger charge is -2.22. The van der Waals surface area contributed by atoms with Gasteiger partial charge in [0.2, 0.25) is 5.91 Å². The van der Waals surface area contributed by atoms with Gasteiger partial charge < -0.3 is 36.6 Å². The number of aliphatic hydroxyl groups excluding tert-OH is 1. The molecule has 0 saturated heterocycles. The Morgan fingerprint density at radius 2 is 1.87 bits per heavy atom. The first-order valence-corrected chi connectivity index (χ1v) is 12.8. The van der Waals surface area contributed by atoms with Crippen molar-refractivity contribution in [2.75, 3.05) is 31.5 Å². The number of carboxylic acids is 1. The first-order chi connectivity index (χ1) is 17.8. The number of nitrogens with zero attached hydrogens (tertiary/aromatic N) is 1. The normalized spacial score (nSPS) is 16.0. The van der Waals surface area contributed by atoms with Crippen LogP contribution in [0.15, 0.2) is 45.9 Å². The summed E-state index contributed by atoms with van der Waals surface area (Å²) < 4.78 is 0.744. The number of carbonyl (C=O) groups excluding carboxylic acids is 2. The standard InChI is InChI=1S/C26H32BrN5O6/c1-26(2,3)16-4-14(5-17(27)8-16)21(24(37)38)12-28-22(35)13-29-23(36)15-6-18(9-19(33)7-15)32-25-30-10-20(34)11-31-25/h4-9,20-21,33-34H,10-13H2,1-3H3,(H,28,35)(H,29,36)(H,37,38)(H2,30,31,32)/t21-/m1/s1. The number of aliphatic imine (C=N–C) groups is 1. The molecule has 0 aromatic heterocycles. The molecule has 2 aromatic carbocycles. The van der Waals surface area contributed by atoms with E-state index in [9.17, 15) is 29.7 Å². The molecule has 1 unspecified atom stereocenters. The summed E-state index contributed by atoms with van der Waals surface area (Å²) in [6.45, 7) is 6.06. The van der Waals surface area contributed by atoms with Crippen LogP contribution in [0.4, 0.5) is 5.69 Å². The van der Waals surface area contributed by atoms with Crippen LogP contribution in [0.1, 0.15) is 48.2 Å². The second-order valence-electron chi connectivity index (χ2n) is 10.0. The molecular formula is C26H32BrN5O6. The third kappa shape index (κ3) is 8.18. The summed E-state index contributed by atoms with van der Waals surface area (Å²) in [5.41, 5.74) is 1.79. The number of hydrogen-bond acceptors (Lipinski definition) is 8. The highest BCUT2D eigenvalue weighted by Gasteiger charge is 2.24. The number of carbonyl (C=O) groups is 3. The van der Waals surface area contributed by atoms with Crippen molar-refractivity contribution in [2.24, 2.45) is 4.99 Å². The molecule has 0 aliphatic carbocycles. The van der Waals surface area contributed by atoms with Crippen molar-refractivity contribution in [3.05, 3.63) is 57.6 Å². The van der Waals surface area contributed by atoms with Crippen molar-refractivity contribution in [3.63, 3.8) is 0 Å². The molecule has 3 rings (SSSR count). The van der Waals surface area contributed by atoms with Gasteiger partial charge in [-0.1, -0.05) is 42.8 Å². The zero-order valence-electron chi connectivity index (χ0n) is 21.3. The Morgan fingerprint density at radius 3 is 2.50 bits per heavy atom. The Hall–Kier alpha value is -3.64. The van der Waals surface area contributed by atoms with Gasteiger partial charge in [-0.3, -0.25) is 19.4 Å². The number of phenolic OH excluding ortho intramolecular Hbond substituents is 1. The second-order valence-corrected chi connectivity index (χ2v) is 10.9. The van der Waals surface area contributed by atoms with Gasteiger partial charge in [-0.15, -0.1) is 0 Å². The van der Waals surface area contributed by atoms with E-state index < -0.39 is 29.8 Å². The third-order valence-electron chi connectivity index (χ3n) is 5.81. The van der Waals surface area contributed by atoms with E-state index in [2.05, 4.69) is 42.2 Å². The van der Waals surface area contributed by atoms with Crippen LogP contribution in [0.2, 0.25) is 0 Å². The Kier molecular flexibility index (Phi) is 9.34. The zero-order chi connectivity index (χ0) is 28.0. The minimum absolute atomic E-state index is 0.101. The largest absolute Gasteiger partial charge is 0.508 e. The van der Waals surface area contributed by atoms with Crippen LogP contribution in [0.25, 0.3) is 0 Å². The molecule has 38 heavy (non-hydrogen) atoms. The quantitative estimate of drug-likeness (QED) is 0.244. The van der Waals surface area contributed by atoms with Crippen LogP contribution < -0.4 is 21.3 Å². The van der Waals surface area contributed by atoms with Gasteiger partial charge in [0.1, 0.15) is 5.75 Å². The molecular weight excluding hydrogens is 558 g/mol. The lowest BCUT2D eigenvalue weighted by Crippen LogP contribution is -2.42. The van der Waals surface area contributed by atoms with Gasteiger partial charge in [-0.25, -0.2) is 0 Å². The van der Waals surface area contributed by atoms with Crippen molar-refractivity contribution in [2.45, 2.75) is 38.2 Å². The second kappa shape index (κ2) is 12.3. The van der Waals surface area contributed by atoms with E-state index >= 15 is 0 Å². The number of amides is 2.